The predicted octanol–water partition coefficient (Wildman–Crippen LogP) is 3.62. The van der Waals surface area contributed by atoms with Crippen LogP contribution in [-0.2, 0) is 20.4 Å². The van der Waals surface area contributed by atoms with Gasteiger partial charge in [-0.2, -0.15) is 8.42 Å². The Labute approximate surface area is 165 Å². The van der Waals surface area contributed by atoms with Crippen LogP contribution in [0.2, 0.25) is 0 Å². The molecule has 0 radical (unpaired) electrons. The molecule has 0 aliphatic carbocycles. The Bertz CT molecular complexity index is 926. The van der Waals surface area contributed by atoms with E-state index in [-0.39, 0.29) is 11.4 Å². The second-order valence-corrected chi connectivity index (χ2v) is 9.75. The third-order valence-corrected chi connectivity index (χ3v) is 4.47. The predicted molar refractivity (Wildman–Crippen MR) is 108 cm³/mol. The molecule has 0 saturated carbocycles. The summed E-state index contributed by atoms with van der Waals surface area (Å²) in [4.78, 5) is 19.6. The van der Waals surface area contributed by atoms with Crippen molar-refractivity contribution in [1.82, 2.24) is 14.7 Å². The largest absolute Gasteiger partial charge is 0.443 e. The molecule has 0 aliphatic heterocycles. The molecule has 0 aliphatic rings. The van der Waals surface area contributed by atoms with Gasteiger partial charge in [0.15, 0.2) is 0 Å². The number of hydrogen-bond acceptors (Lipinski definition) is 6. The van der Waals surface area contributed by atoms with Crippen LogP contribution in [0.1, 0.15) is 47.1 Å². The van der Waals surface area contributed by atoms with Gasteiger partial charge in [0.1, 0.15) is 5.60 Å². The van der Waals surface area contributed by atoms with Crippen molar-refractivity contribution < 1.29 is 17.9 Å². The third kappa shape index (κ3) is 6.49. The summed E-state index contributed by atoms with van der Waals surface area (Å²) in [5.41, 5.74) is 2.09. The van der Waals surface area contributed by atoms with Crippen molar-refractivity contribution in [3.8, 4) is 11.1 Å². The van der Waals surface area contributed by atoms with Crippen molar-refractivity contribution in [2.24, 2.45) is 0 Å². The number of nitrogens with zero attached hydrogens (tertiary/aromatic N) is 2. The molecule has 8 nitrogen and oxygen atoms in total. The van der Waals surface area contributed by atoms with Crippen LogP contribution in [-0.4, -0.2) is 30.1 Å². The van der Waals surface area contributed by atoms with Gasteiger partial charge in [-0.15, -0.1) is 0 Å². The minimum Gasteiger partial charge on any atom is -0.443 e. The number of carbonyl (C=O) groups excluding carboxylic acids is 1. The summed E-state index contributed by atoms with van der Waals surface area (Å²) in [5, 5.41) is 0. The van der Waals surface area contributed by atoms with Crippen molar-refractivity contribution >= 4 is 22.3 Å². The molecule has 9 heteroatoms. The number of aromatic nitrogens is 2. The highest BCUT2D eigenvalue weighted by molar-refractivity contribution is 7.91. The summed E-state index contributed by atoms with van der Waals surface area (Å²) in [6.07, 6.45) is 1.92. The number of carbonyl (C=O) groups is 1. The van der Waals surface area contributed by atoms with Crippen LogP contribution >= 0.6 is 0 Å². The van der Waals surface area contributed by atoms with Gasteiger partial charge in [0.25, 0.3) is 0 Å². The van der Waals surface area contributed by atoms with E-state index < -0.39 is 21.9 Å². The van der Waals surface area contributed by atoms with Crippen LogP contribution < -0.4 is 9.44 Å². The lowest BCUT2D eigenvalue weighted by Gasteiger charge is -2.19. The average molecular weight is 407 g/mol. The van der Waals surface area contributed by atoms with E-state index in [0.717, 1.165) is 11.1 Å². The fraction of sp³-hybridized carbons (Fsp3) is 0.421. The first kappa shape index (κ1) is 21.6. The number of anilines is 1. The molecule has 0 spiro atoms. The smallest absolute Gasteiger partial charge is 0.422 e. The van der Waals surface area contributed by atoms with Gasteiger partial charge in [0.2, 0.25) is 5.95 Å². The van der Waals surface area contributed by atoms with Crippen LogP contribution in [0.4, 0.5) is 10.7 Å². The average Bonchev–Trinajstić information content (AvgIpc) is 2.52. The second kappa shape index (κ2) is 7.75. The molecular weight excluding hydrogens is 380 g/mol. The van der Waals surface area contributed by atoms with Crippen molar-refractivity contribution in [3.63, 3.8) is 0 Å². The van der Waals surface area contributed by atoms with E-state index in [0.29, 0.717) is 0 Å². The van der Waals surface area contributed by atoms with Crippen LogP contribution in [0.3, 0.4) is 0 Å². The molecule has 152 valence electrons. The van der Waals surface area contributed by atoms with Gasteiger partial charge in [0.05, 0.1) is 0 Å². The second-order valence-electron chi connectivity index (χ2n) is 8.33. The zero-order valence-corrected chi connectivity index (χ0v) is 17.7. The zero-order chi connectivity index (χ0) is 21.2. The lowest BCUT2D eigenvalue weighted by atomic mass is 9.86. The molecule has 28 heavy (non-hydrogen) atoms. The first-order valence-corrected chi connectivity index (χ1v) is 10.2. The monoisotopic (exact) mass is 406 g/mol. The molecular formula is C19H26N4O4S. The molecule has 1 amide bonds. The third-order valence-electron chi connectivity index (χ3n) is 3.58. The summed E-state index contributed by atoms with van der Waals surface area (Å²) in [7, 11) is -4.21. The van der Waals surface area contributed by atoms with Gasteiger partial charge in [-0.25, -0.2) is 24.2 Å². The van der Waals surface area contributed by atoms with Gasteiger partial charge >= 0.3 is 16.3 Å². The molecule has 0 unspecified atom stereocenters. The topological polar surface area (TPSA) is 110 Å². The summed E-state index contributed by atoms with van der Waals surface area (Å²) in [5.74, 6) is -0.161. The number of hydrogen-bond donors (Lipinski definition) is 2. The first-order valence-electron chi connectivity index (χ1n) is 8.72. The van der Waals surface area contributed by atoms with Gasteiger partial charge < -0.3 is 4.74 Å². The molecule has 0 saturated heterocycles. The highest BCUT2D eigenvalue weighted by Gasteiger charge is 2.22. The fourth-order valence-electron chi connectivity index (χ4n) is 2.25. The molecule has 0 bridgehead atoms. The van der Waals surface area contributed by atoms with Gasteiger partial charge in [-0.1, -0.05) is 45.0 Å². The number of benzene rings is 1. The van der Waals surface area contributed by atoms with Crippen LogP contribution in [0.25, 0.3) is 11.1 Å². The van der Waals surface area contributed by atoms with E-state index in [1.165, 1.54) is 18.0 Å². The Kier molecular flexibility index (Phi) is 5.98. The Morgan fingerprint density at radius 2 is 1.46 bits per heavy atom. The molecule has 0 fully saturated rings. The SMILES string of the molecule is CC(C)(C)OC(=O)NS(=O)(=O)Nc1ncc(-c2ccc(C(C)(C)C)cc2)cn1. The quantitative estimate of drug-likeness (QED) is 0.802. The summed E-state index contributed by atoms with van der Waals surface area (Å²) in [6.45, 7) is 11.3. The molecule has 2 rings (SSSR count). The van der Waals surface area contributed by atoms with Crippen LogP contribution in [0.5, 0.6) is 0 Å². The summed E-state index contributed by atoms with van der Waals surface area (Å²) in [6, 6.07) is 8.01. The summed E-state index contributed by atoms with van der Waals surface area (Å²) >= 11 is 0. The minimum atomic E-state index is -4.21. The van der Waals surface area contributed by atoms with Crippen molar-refractivity contribution in [1.29, 1.82) is 0 Å². The van der Waals surface area contributed by atoms with Crippen LogP contribution in [0, 0.1) is 0 Å². The number of amides is 1. The van der Waals surface area contributed by atoms with E-state index in [1.807, 2.05) is 24.3 Å². The van der Waals surface area contributed by atoms with Crippen molar-refractivity contribution in [2.45, 2.75) is 52.6 Å². The normalized spacial score (nSPS) is 12.4. The number of nitrogens with one attached hydrogen (secondary N) is 2. The molecule has 0 atom stereocenters. The Morgan fingerprint density at radius 1 is 0.929 bits per heavy atom. The number of rotatable bonds is 4. The van der Waals surface area contributed by atoms with E-state index in [1.54, 1.807) is 25.5 Å². The van der Waals surface area contributed by atoms with Gasteiger partial charge in [0, 0.05) is 18.0 Å². The maximum absolute atomic E-state index is 12.0. The van der Waals surface area contributed by atoms with E-state index in [2.05, 4.69) is 35.5 Å². The fourth-order valence-corrected chi connectivity index (χ4v) is 2.90. The van der Waals surface area contributed by atoms with E-state index in [9.17, 15) is 13.2 Å². The number of ether oxygens (including phenoxy) is 1. The zero-order valence-electron chi connectivity index (χ0n) is 16.9. The van der Waals surface area contributed by atoms with Crippen LogP contribution in [0.15, 0.2) is 36.7 Å². The molecule has 1 aromatic carbocycles. The van der Waals surface area contributed by atoms with Crippen molar-refractivity contribution in [3.05, 3.63) is 42.2 Å². The first-order chi connectivity index (χ1) is 12.8. The lowest BCUT2D eigenvalue weighted by molar-refractivity contribution is 0.0570. The Hall–Kier alpha value is -2.68. The summed E-state index contributed by atoms with van der Waals surface area (Å²) < 4.78 is 32.7. The van der Waals surface area contributed by atoms with E-state index >= 15 is 0 Å². The van der Waals surface area contributed by atoms with Gasteiger partial charge in [-0.3, -0.25) is 0 Å². The van der Waals surface area contributed by atoms with Crippen molar-refractivity contribution in [2.75, 3.05) is 4.72 Å². The standard InChI is InChI=1S/C19H26N4O4S/c1-18(2,3)15-9-7-13(8-10-15)14-11-20-16(21-12-14)22-28(25,26)23-17(24)27-19(4,5)6/h7-12H,1-6H3,(H,23,24)(H,20,21,22). The lowest BCUT2D eigenvalue weighted by Crippen LogP contribution is -2.39. The molecule has 1 aromatic heterocycles. The molecule has 2 aromatic rings. The highest BCUT2D eigenvalue weighted by atomic mass is 32.2. The molecule has 2 N–H and O–H groups in total. The highest BCUT2D eigenvalue weighted by Crippen LogP contribution is 2.25. The maximum atomic E-state index is 12.0. The van der Waals surface area contributed by atoms with E-state index in [4.69, 9.17) is 4.74 Å². The maximum Gasteiger partial charge on any atom is 0.422 e. The molecule has 1 heterocycles. The minimum absolute atomic E-state index is 0.0539. The Morgan fingerprint density at radius 3 is 1.93 bits per heavy atom. The van der Waals surface area contributed by atoms with Gasteiger partial charge in [-0.05, 0) is 37.3 Å². The Balaban J connectivity index is 2.07.